The highest BCUT2D eigenvalue weighted by Crippen LogP contribution is 2.27. The third-order valence-corrected chi connectivity index (χ3v) is 4.94. The minimum atomic E-state index is -0.448. The Kier molecular flexibility index (Phi) is 4.48. The van der Waals surface area contributed by atoms with Crippen LogP contribution in [0.4, 0.5) is 5.95 Å². The number of aryl methyl sites for hydroxylation is 1. The van der Waals surface area contributed by atoms with Crippen molar-refractivity contribution >= 4 is 28.3 Å². The maximum absolute atomic E-state index is 9.58. The van der Waals surface area contributed by atoms with Gasteiger partial charge in [0.1, 0.15) is 5.76 Å². The molecule has 0 saturated heterocycles. The Balaban J connectivity index is 1.65. The molecule has 1 atom stereocenters. The fourth-order valence-electron chi connectivity index (χ4n) is 2.81. The standard InChI is InChI=1S/C19H20N4O2S/c1-12(24)9-20-19-22-15-5-3-4-6-16(15)23(19)10-14-11-26-18(21-14)17-8-7-13(2)25-17/h3-8,11-12,24H,9-10H2,1-2H3,(H,20,22)/t12-/m0/s1. The summed E-state index contributed by atoms with van der Waals surface area (Å²) in [6.07, 6.45) is -0.448. The number of nitrogens with zero attached hydrogens (tertiary/aromatic N) is 3. The quantitative estimate of drug-likeness (QED) is 0.540. The molecule has 0 aliphatic rings. The number of thiazole rings is 1. The van der Waals surface area contributed by atoms with E-state index in [2.05, 4.69) is 14.9 Å². The minimum absolute atomic E-state index is 0.442. The molecule has 3 aromatic heterocycles. The zero-order chi connectivity index (χ0) is 18.1. The molecule has 0 spiro atoms. The molecule has 0 radical (unpaired) electrons. The van der Waals surface area contributed by atoms with Crippen molar-refractivity contribution in [2.75, 3.05) is 11.9 Å². The van der Waals surface area contributed by atoms with E-state index in [9.17, 15) is 5.11 Å². The Morgan fingerprint density at radius 2 is 2.08 bits per heavy atom. The summed E-state index contributed by atoms with van der Waals surface area (Å²) in [6.45, 7) is 4.71. The van der Waals surface area contributed by atoms with Crippen molar-refractivity contribution in [1.29, 1.82) is 0 Å². The molecule has 0 unspecified atom stereocenters. The molecule has 6 nitrogen and oxygen atoms in total. The van der Waals surface area contributed by atoms with Crippen LogP contribution in [0.1, 0.15) is 18.4 Å². The van der Waals surface area contributed by atoms with E-state index in [4.69, 9.17) is 9.40 Å². The normalized spacial score (nSPS) is 12.6. The van der Waals surface area contributed by atoms with Crippen LogP contribution in [0.3, 0.4) is 0 Å². The number of benzene rings is 1. The topological polar surface area (TPSA) is 76.1 Å². The van der Waals surface area contributed by atoms with Crippen LogP contribution in [0, 0.1) is 6.92 Å². The summed E-state index contributed by atoms with van der Waals surface area (Å²) < 4.78 is 7.75. The van der Waals surface area contributed by atoms with Crippen molar-refractivity contribution in [3.63, 3.8) is 0 Å². The average molecular weight is 368 g/mol. The molecule has 26 heavy (non-hydrogen) atoms. The fourth-order valence-corrected chi connectivity index (χ4v) is 3.58. The molecule has 0 bridgehead atoms. The van der Waals surface area contributed by atoms with Gasteiger partial charge in [0.05, 0.1) is 29.4 Å². The van der Waals surface area contributed by atoms with E-state index in [0.29, 0.717) is 13.1 Å². The first kappa shape index (κ1) is 16.8. The smallest absolute Gasteiger partial charge is 0.204 e. The first-order valence-corrected chi connectivity index (χ1v) is 9.36. The summed E-state index contributed by atoms with van der Waals surface area (Å²) in [7, 11) is 0. The molecule has 1 aromatic carbocycles. The van der Waals surface area contributed by atoms with E-state index in [1.807, 2.05) is 48.7 Å². The third kappa shape index (κ3) is 3.36. The largest absolute Gasteiger partial charge is 0.459 e. The van der Waals surface area contributed by atoms with Crippen LogP contribution in [0.15, 0.2) is 46.2 Å². The SMILES string of the molecule is Cc1ccc(-c2nc(Cn3c(NC[C@H](C)O)nc4ccccc43)cs2)o1. The van der Waals surface area contributed by atoms with Crippen LogP contribution in [0.5, 0.6) is 0 Å². The number of fused-ring (bicyclic) bond motifs is 1. The number of aliphatic hydroxyl groups is 1. The van der Waals surface area contributed by atoms with Gasteiger partial charge in [0, 0.05) is 11.9 Å². The van der Waals surface area contributed by atoms with Gasteiger partial charge in [-0.05, 0) is 38.1 Å². The van der Waals surface area contributed by atoms with E-state index in [1.54, 1.807) is 18.3 Å². The lowest BCUT2D eigenvalue weighted by atomic mass is 10.3. The number of aromatic nitrogens is 3. The number of anilines is 1. The fraction of sp³-hybridized carbons (Fsp3) is 0.263. The van der Waals surface area contributed by atoms with Crippen LogP contribution < -0.4 is 5.32 Å². The molecule has 3 heterocycles. The number of hydrogen-bond acceptors (Lipinski definition) is 6. The number of imidazole rings is 1. The number of aliphatic hydroxyl groups excluding tert-OH is 1. The molecular weight excluding hydrogens is 348 g/mol. The summed E-state index contributed by atoms with van der Waals surface area (Å²) in [5.41, 5.74) is 2.89. The van der Waals surface area contributed by atoms with E-state index >= 15 is 0 Å². The number of para-hydroxylation sites is 2. The zero-order valence-corrected chi connectivity index (χ0v) is 15.5. The number of rotatable bonds is 6. The van der Waals surface area contributed by atoms with Crippen molar-refractivity contribution in [2.24, 2.45) is 0 Å². The summed E-state index contributed by atoms with van der Waals surface area (Å²) >= 11 is 1.57. The molecule has 4 aromatic rings. The van der Waals surface area contributed by atoms with Crippen molar-refractivity contribution in [2.45, 2.75) is 26.5 Å². The van der Waals surface area contributed by atoms with E-state index < -0.39 is 6.10 Å². The molecule has 0 aliphatic carbocycles. The second kappa shape index (κ2) is 6.93. The van der Waals surface area contributed by atoms with Crippen molar-refractivity contribution in [1.82, 2.24) is 14.5 Å². The first-order chi connectivity index (χ1) is 12.6. The molecule has 134 valence electrons. The van der Waals surface area contributed by atoms with Crippen molar-refractivity contribution in [3.8, 4) is 10.8 Å². The number of hydrogen-bond donors (Lipinski definition) is 2. The highest BCUT2D eigenvalue weighted by atomic mass is 32.1. The molecule has 4 rings (SSSR count). The van der Waals surface area contributed by atoms with Gasteiger partial charge in [-0.15, -0.1) is 11.3 Å². The Bertz CT molecular complexity index is 1030. The predicted octanol–water partition coefficient (Wildman–Crippen LogP) is 3.90. The summed E-state index contributed by atoms with van der Waals surface area (Å²) in [5, 5.41) is 15.7. The van der Waals surface area contributed by atoms with Gasteiger partial charge in [-0.2, -0.15) is 0 Å². The molecule has 7 heteroatoms. The zero-order valence-electron chi connectivity index (χ0n) is 14.6. The van der Waals surface area contributed by atoms with Gasteiger partial charge in [0.25, 0.3) is 0 Å². The number of nitrogens with one attached hydrogen (secondary N) is 1. The molecule has 0 amide bonds. The van der Waals surface area contributed by atoms with Crippen LogP contribution in [0.2, 0.25) is 0 Å². The van der Waals surface area contributed by atoms with Crippen molar-refractivity contribution < 1.29 is 9.52 Å². The van der Waals surface area contributed by atoms with Crippen LogP contribution in [-0.2, 0) is 6.54 Å². The second-order valence-electron chi connectivity index (χ2n) is 6.29. The highest BCUT2D eigenvalue weighted by Gasteiger charge is 2.14. The molecule has 0 fully saturated rings. The second-order valence-corrected chi connectivity index (χ2v) is 7.15. The summed E-state index contributed by atoms with van der Waals surface area (Å²) in [4.78, 5) is 9.36. The lowest BCUT2D eigenvalue weighted by molar-refractivity contribution is 0.208. The third-order valence-electron chi connectivity index (χ3n) is 4.03. The van der Waals surface area contributed by atoms with Gasteiger partial charge in [-0.3, -0.25) is 0 Å². The Hall–Kier alpha value is -2.64. The lowest BCUT2D eigenvalue weighted by Gasteiger charge is -2.10. The van der Waals surface area contributed by atoms with E-state index in [1.165, 1.54) is 0 Å². The van der Waals surface area contributed by atoms with Gasteiger partial charge in [-0.1, -0.05) is 12.1 Å². The van der Waals surface area contributed by atoms with E-state index in [-0.39, 0.29) is 0 Å². The van der Waals surface area contributed by atoms with Gasteiger partial charge in [-0.25, -0.2) is 9.97 Å². The molecule has 0 aliphatic heterocycles. The predicted molar refractivity (Wildman–Crippen MR) is 104 cm³/mol. The maximum atomic E-state index is 9.58. The Morgan fingerprint density at radius 3 is 2.85 bits per heavy atom. The van der Waals surface area contributed by atoms with Crippen LogP contribution >= 0.6 is 11.3 Å². The van der Waals surface area contributed by atoms with Crippen LogP contribution in [-0.4, -0.2) is 32.3 Å². The van der Waals surface area contributed by atoms with Gasteiger partial charge in [0.15, 0.2) is 10.8 Å². The Labute approximate surface area is 155 Å². The molecular formula is C19H20N4O2S. The summed E-state index contributed by atoms with van der Waals surface area (Å²) in [6, 6.07) is 11.9. The average Bonchev–Trinajstić information content (AvgIpc) is 3.33. The lowest BCUT2D eigenvalue weighted by Crippen LogP contribution is -2.18. The monoisotopic (exact) mass is 368 g/mol. The highest BCUT2D eigenvalue weighted by molar-refractivity contribution is 7.13. The first-order valence-electron chi connectivity index (χ1n) is 8.48. The molecule has 0 saturated carbocycles. The van der Waals surface area contributed by atoms with Gasteiger partial charge < -0.3 is 19.4 Å². The molecule has 2 N–H and O–H groups in total. The number of furan rings is 1. The summed E-state index contributed by atoms with van der Waals surface area (Å²) in [5.74, 6) is 2.40. The van der Waals surface area contributed by atoms with Crippen LogP contribution in [0.25, 0.3) is 21.8 Å². The van der Waals surface area contributed by atoms with Gasteiger partial charge in [0.2, 0.25) is 5.95 Å². The van der Waals surface area contributed by atoms with Gasteiger partial charge >= 0.3 is 0 Å². The maximum Gasteiger partial charge on any atom is 0.204 e. The van der Waals surface area contributed by atoms with E-state index in [0.717, 1.165) is 39.2 Å². The minimum Gasteiger partial charge on any atom is -0.459 e. The Morgan fingerprint density at radius 1 is 1.23 bits per heavy atom. The van der Waals surface area contributed by atoms with Crippen molar-refractivity contribution in [3.05, 3.63) is 53.2 Å².